The van der Waals surface area contributed by atoms with Gasteiger partial charge < -0.3 is 15.0 Å². The molecule has 3 heterocycles. The molecule has 2 N–H and O–H groups in total. The summed E-state index contributed by atoms with van der Waals surface area (Å²) in [7, 11) is 0. The van der Waals surface area contributed by atoms with E-state index in [1.165, 1.54) is 55.4 Å². The highest BCUT2D eigenvalue weighted by Crippen LogP contribution is 2.78. The minimum absolute atomic E-state index is 0.0453. The zero-order valence-electron chi connectivity index (χ0n) is 19.4. The first-order valence-electron chi connectivity index (χ1n) is 12.5. The van der Waals surface area contributed by atoms with Crippen molar-refractivity contribution in [3.05, 3.63) is 70.0 Å². The van der Waals surface area contributed by atoms with E-state index in [9.17, 15) is 14.4 Å². The van der Waals surface area contributed by atoms with E-state index < -0.39 is 11.5 Å². The Labute approximate surface area is 202 Å². The van der Waals surface area contributed by atoms with Crippen molar-refractivity contribution >= 4 is 17.5 Å². The monoisotopic (exact) mass is 472 g/mol. The summed E-state index contributed by atoms with van der Waals surface area (Å²) in [5.74, 6) is 1.45. The molecule has 1 amide bonds. The first kappa shape index (κ1) is 20.9. The van der Waals surface area contributed by atoms with E-state index in [1.54, 1.807) is 16.7 Å². The molecule has 35 heavy (non-hydrogen) atoms. The molecule has 8 nitrogen and oxygen atoms in total. The molecule has 180 valence electrons. The molecule has 7 rings (SSSR count). The number of nitrogens with zero attached hydrogens (tertiary/aromatic N) is 3. The highest BCUT2D eigenvalue weighted by atomic mass is 16.4. The lowest BCUT2D eigenvalue weighted by atomic mass is 9.55. The second kappa shape index (κ2) is 7.06. The molecular formula is C27H28N4O4. The Bertz CT molecular complexity index is 1450. The molecule has 0 saturated heterocycles. The number of hydrogen-bond donors (Lipinski definition) is 2. The normalized spacial score (nSPS) is 31.9. The fraction of sp³-hybridized carbons (Fsp3) is 0.481. The van der Waals surface area contributed by atoms with Gasteiger partial charge in [0.1, 0.15) is 11.3 Å². The molecule has 3 bridgehead atoms. The van der Waals surface area contributed by atoms with Crippen LogP contribution in [0.15, 0.2) is 47.5 Å². The number of aromatic carboxylic acids is 1. The molecule has 3 aromatic rings. The van der Waals surface area contributed by atoms with Crippen molar-refractivity contribution < 1.29 is 14.7 Å². The third-order valence-electron chi connectivity index (χ3n) is 9.56. The SMILES string of the molecule is O=C(O)c1ccn(Cc2cn3c(C(=O)NCC45CC6CC7CC(C4)C7(C6)C5)cccc3n2)c(=O)c1. The van der Waals surface area contributed by atoms with Gasteiger partial charge in [0.2, 0.25) is 0 Å². The second-order valence-corrected chi connectivity index (χ2v) is 11.5. The maximum absolute atomic E-state index is 13.3. The van der Waals surface area contributed by atoms with Crippen molar-refractivity contribution in [2.45, 2.75) is 45.1 Å². The molecule has 5 atom stereocenters. The summed E-state index contributed by atoms with van der Waals surface area (Å²) < 4.78 is 3.18. The summed E-state index contributed by atoms with van der Waals surface area (Å²) in [4.78, 5) is 41.3. The quantitative estimate of drug-likeness (QED) is 0.573. The highest BCUT2D eigenvalue weighted by molar-refractivity contribution is 5.93. The summed E-state index contributed by atoms with van der Waals surface area (Å²) in [5.41, 5.74) is 2.21. The molecule has 0 aromatic carbocycles. The average molecular weight is 473 g/mol. The van der Waals surface area contributed by atoms with Crippen LogP contribution < -0.4 is 10.9 Å². The minimum atomic E-state index is -1.14. The van der Waals surface area contributed by atoms with Crippen LogP contribution >= 0.6 is 0 Å². The summed E-state index contributed by atoms with van der Waals surface area (Å²) in [5, 5.41) is 12.3. The Morgan fingerprint density at radius 3 is 2.86 bits per heavy atom. The molecule has 5 unspecified atom stereocenters. The fourth-order valence-electron chi connectivity index (χ4n) is 8.37. The lowest BCUT2D eigenvalue weighted by molar-refractivity contribution is -0.00254. The van der Waals surface area contributed by atoms with Gasteiger partial charge in [0.15, 0.2) is 0 Å². The van der Waals surface area contributed by atoms with Gasteiger partial charge in [-0.15, -0.1) is 0 Å². The van der Waals surface area contributed by atoms with Gasteiger partial charge in [-0.05, 0) is 85.3 Å². The Hall–Kier alpha value is -3.42. The molecule has 4 fully saturated rings. The fourth-order valence-corrected chi connectivity index (χ4v) is 8.37. The number of hydrogen-bond acceptors (Lipinski definition) is 4. The van der Waals surface area contributed by atoms with Crippen LogP contribution in [0.5, 0.6) is 0 Å². The van der Waals surface area contributed by atoms with Crippen LogP contribution in [0.2, 0.25) is 0 Å². The van der Waals surface area contributed by atoms with E-state index in [1.807, 2.05) is 12.1 Å². The van der Waals surface area contributed by atoms with Gasteiger partial charge in [-0.1, -0.05) is 6.07 Å². The number of carbonyl (C=O) groups is 2. The molecule has 4 aliphatic carbocycles. The molecular weight excluding hydrogens is 444 g/mol. The number of carbonyl (C=O) groups excluding carboxylic acids is 1. The van der Waals surface area contributed by atoms with E-state index in [0.29, 0.717) is 22.5 Å². The maximum Gasteiger partial charge on any atom is 0.335 e. The van der Waals surface area contributed by atoms with Crippen molar-refractivity contribution in [3.63, 3.8) is 0 Å². The summed E-state index contributed by atoms with van der Waals surface area (Å²) in [6, 6.07) is 7.96. The van der Waals surface area contributed by atoms with E-state index >= 15 is 0 Å². The lowest BCUT2D eigenvalue weighted by Crippen LogP contribution is -2.43. The number of imidazole rings is 1. The van der Waals surface area contributed by atoms with Crippen molar-refractivity contribution in [1.82, 2.24) is 19.3 Å². The van der Waals surface area contributed by atoms with Crippen LogP contribution in [0.4, 0.5) is 0 Å². The number of carboxylic acids is 1. The molecule has 4 aliphatic rings. The number of amides is 1. The van der Waals surface area contributed by atoms with Crippen LogP contribution in [0, 0.1) is 28.6 Å². The van der Waals surface area contributed by atoms with Gasteiger partial charge >= 0.3 is 5.97 Å². The predicted molar refractivity (Wildman–Crippen MR) is 127 cm³/mol. The maximum atomic E-state index is 13.3. The lowest BCUT2D eigenvalue weighted by Gasteiger charge is -2.49. The number of nitrogens with one attached hydrogen (secondary N) is 1. The van der Waals surface area contributed by atoms with E-state index in [4.69, 9.17) is 5.11 Å². The largest absolute Gasteiger partial charge is 0.478 e. The van der Waals surface area contributed by atoms with E-state index in [-0.39, 0.29) is 23.4 Å². The summed E-state index contributed by atoms with van der Waals surface area (Å²) in [6.07, 6.45) is 11.3. The standard InChI is InChI=1S/C27H28N4O4/c32-23-7-17(25(34)35)4-5-30(23)12-20-13-31-21(2-1-3-22(31)29-20)24(33)28-15-26-9-16-6-18-8-19(11-26)27(18,10-16)14-26/h1-5,7,13,16,18-19H,6,8-12,14-15H2,(H,28,33)(H,34,35). The molecule has 4 saturated carbocycles. The molecule has 0 aliphatic heterocycles. The number of aromatic nitrogens is 3. The van der Waals surface area contributed by atoms with E-state index in [2.05, 4.69) is 10.3 Å². The minimum Gasteiger partial charge on any atom is -0.478 e. The highest BCUT2D eigenvalue weighted by Gasteiger charge is 2.70. The van der Waals surface area contributed by atoms with Crippen molar-refractivity contribution in [2.24, 2.45) is 28.6 Å². The predicted octanol–water partition coefficient (Wildman–Crippen LogP) is 3.19. The van der Waals surface area contributed by atoms with Gasteiger partial charge in [0.05, 0.1) is 17.8 Å². The van der Waals surface area contributed by atoms with Crippen molar-refractivity contribution in [1.29, 1.82) is 0 Å². The van der Waals surface area contributed by atoms with Crippen LogP contribution in [-0.4, -0.2) is 37.5 Å². The van der Waals surface area contributed by atoms with Gasteiger partial charge in [-0.2, -0.15) is 0 Å². The van der Waals surface area contributed by atoms with Gasteiger partial charge in [-0.3, -0.25) is 14.0 Å². The number of pyridine rings is 2. The number of fused-ring (bicyclic) bond motifs is 3. The summed E-state index contributed by atoms with van der Waals surface area (Å²) in [6.45, 7) is 0.938. The Balaban J connectivity index is 1.10. The Kier molecular flexibility index (Phi) is 4.22. The summed E-state index contributed by atoms with van der Waals surface area (Å²) >= 11 is 0. The second-order valence-electron chi connectivity index (χ2n) is 11.5. The molecule has 0 radical (unpaired) electrons. The van der Waals surface area contributed by atoms with Crippen LogP contribution in [0.3, 0.4) is 0 Å². The topological polar surface area (TPSA) is 106 Å². The van der Waals surface area contributed by atoms with E-state index in [0.717, 1.165) is 30.4 Å². The smallest absolute Gasteiger partial charge is 0.335 e. The third-order valence-corrected chi connectivity index (χ3v) is 9.56. The number of carboxylic acid groups (broad SMARTS) is 1. The zero-order valence-corrected chi connectivity index (χ0v) is 19.4. The van der Waals surface area contributed by atoms with Crippen LogP contribution in [0.25, 0.3) is 5.65 Å². The van der Waals surface area contributed by atoms with Crippen LogP contribution in [-0.2, 0) is 6.54 Å². The van der Waals surface area contributed by atoms with Crippen LogP contribution in [0.1, 0.15) is 65.1 Å². The average Bonchev–Trinajstić information content (AvgIpc) is 3.38. The third kappa shape index (κ3) is 3.04. The van der Waals surface area contributed by atoms with Gasteiger partial charge in [0.25, 0.3) is 11.5 Å². The molecule has 1 spiro atoms. The Morgan fingerprint density at radius 1 is 1.14 bits per heavy atom. The van der Waals surface area contributed by atoms with Crippen molar-refractivity contribution in [2.75, 3.05) is 6.54 Å². The Morgan fingerprint density at radius 2 is 2.03 bits per heavy atom. The number of rotatable bonds is 6. The van der Waals surface area contributed by atoms with Crippen molar-refractivity contribution in [3.8, 4) is 0 Å². The molecule has 3 aromatic heterocycles. The van der Waals surface area contributed by atoms with Gasteiger partial charge in [0, 0.05) is 25.0 Å². The molecule has 8 heteroatoms. The zero-order chi connectivity index (χ0) is 23.9. The first-order chi connectivity index (χ1) is 16.8. The van der Waals surface area contributed by atoms with Gasteiger partial charge in [-0.25, -0.2) is 9.78 Å². The first-order valence-corrected chi connectivity index (χ1v) is 12.5.